The maximum atomic E-state index is 12.6. The van der Waals surface area contributed by atoms with Crippen LogP contribution in [-0.2, 0) is 0 Å². The summed E-state index contributed by atoms with van der Waals surface area (Å²) in [6.45, 7) is 0.970. The van der Waals surface area contributed by atoms with Crippen LogP contribution in [0.2, 0.25) is 5.02 Å². The minimum Gasteiger partial charge on any atom is -0.490 e. The molecule has 3 nitrogen and oxygen atoms in total. The van der Waals surface area contributed by atoms with Crippen molar-refractivity contribution in [1.29, 1.82) is 0 Å². The van der Waals surface area contributed by atoms with Crippen LogP contribution >= 0.6 is 11.6 Å². The van der Waals surface area contributed by atoms with Crippen LogP contribution in [0.15, 0.2) is 12.1 Å². The lowest BCUT2D eigenvalue weighted by Crippen LogP contribution is -2.24. The van der Waals surface area contributed by atoms with Gasteiger partial charge in [0.2, 0.25) is 0 Å². The van der Waals surface area contributed by atoms with Crippen molar-refractivity contribution in [3.05, 3.63) is 22.7 Å². The van der Waals surface area contributed by atoms with Crippen LogP contribution in [0.4, 0.5) is 13.2 Å². The number of rotatable bonds is 3. The Labute approximate surface area is 120 Å². The van der Waals surface area contributed by atoms with Crippen LogP contribution in [-0.4, -0.2) is 26.4 Å². The van der Waals surface area contributed by atoms with Crippen LogP contribution in [0.5, 0.6) is 11.5 Å². The third kappa shape index (κ3) is 3.70. The van der Waals surface area contributed by atoms with Crippen LogP contribution < -0.4 is 14.8 Å². The van der Waals surface area contributed by atoms with Crippen molar-refractivity contribution >= 4 is 11.6 Å². The van der Waals surface area contributed by atoms with Gasteiger partial charge in [0.15, 0.2) is 11.5 Å². The molecule has 0 aromatic heterocycles. The zero-order chi connectivity index (χ0) is 14.8. The van der Waals surface area contributed by atoms with Crippen LogP contribution in [0.3, 0.4) is 0 Å². The minimum atomic E-state index is -4.28. The van der Waals surface area contributed by atoms with Gasteiger partial charge in [-0.15, -0.1) is 0 Å². The van der Waals surface area contributed by atoms with Gasteiger partial charge in [0, 0.05) is 23.6 Å². The van der Waals surface area contributed by atoms with Gasteiger partial charge >= 0.3 is 6.18 Å². The van der Waals surface area contributed by atoms with E-state index in [2.05, 4.69) is 5.32 Å². The Morgan fingerprint density at radius 2 is 1.85 bits per heavy atom. The maximum absolute atomic E-state index is 12.6. The summed E-state index contributed by atoms with van der Waals surface area (Å²) in [5.74, 6) is 0.905. The molecule has 0 saturated carbocycles. The third-order valence-electron chi connectivity index (χ3n) is 3.03. The number of nitrogens with one attached hydrogen (secondary N) is 1. The summed E-state index contributed by atoms with van der Waals surface area (Å²) in [5.41, 5.74) is 0.357. The van der Waals surface area contributed by atoms with Gasteiger partial charge in [-0.05, 0) is 18.7 Å². The summed E-state index contributed by atoms with van der Waals surface area (Å²) in [7, 11) is 1.47. The van der Waals surface area contributed by atoms with Crippen LogP contribution in [0, 0.1) is 0 Å². The van der Waals surface area contributed by atoms with Crippen molar-refractivity contribution < 1.29 is 22.6 Å². The molecule has 1 atom stereocenters. The van der Waals surface area contributed by atoms with E-state index in [9.17, 15) is 13.2 Å². The molecule has 0 amide bonds. The topological polar surface area (TPSA) is 30.5 Å². The van der Waals surface area contributed by atoms with Gasteiger partial charge < -0.3 is 14.8 Å². The number of alkyl halides is 3. The van der Waals surface area contributed by atoms with Gasteiger partial charge in [0.1, 0.15) is 0 Å². The van der Waals surface area contributed by atoms with Gasteiger partial charge in [-0.3, -0.25) is 0 Å². The first-order chi connectivity index (χ1) is 9.40. The SMILES string of the molecule is CNC(CC(F)(F)F)c1cc2c(cc1Cl)OCCCO2. The lowest BCUT2D eigenvalue weighted by molar-refractivity contribution is -0.140. The first kappa shape index (κ1) is 15.3. The molecule has 0 spiro atoms. The lowest BCUT2D eigenvalue weighted by Gasteiger charge is -2.21. The maximum Gasteiger partial charge on any atom is 0.390 e. The van der Waals surface area contributed by atoms with E-state index in [0.717, 1.165) is 6.42 Å². The van der Waals surface area contributed by atoms with E-state index < -0.39 is 18.6 Å². The highest BCUT2D eigenvalue weighted by molar-refractivity contribution is 6.31. The normalized spacial score (nSPS) is 16.6. The minimum absolute atomic E-state index is 0.234. The molecule has 1 aliphatic rings. The molecule has 1 aliphatic heterocycles. The Morgan fingerprint density at radius 3 is 2.40 bits per heavy atom. The quantitative estimate of drug-likeness (QED) is 0.923. The predicted octanol–water partition coefficient (Wildman–Crippen LogP) is 3.71. The van der Waals surface area contributed by atoms with Crippen molar-refractivity contribution in [2.75, 3.05) is 20.3 Å². The molecule has 1 aromatic rings. The molecular formula is C13H15ClF3NO2. The number of benzene rings is 1. The highest BCUT2D eigenvalue weighted by Crippen LogP contribution is 2.40. The molecule has 0 saturated heterocycles. The van der Waals surface area contributed by atoms with Gasteiger partial charge in [-0.2, -0.15) is 13.2 Å². The summed E-state index contributed by atoms with van der Waals surface area (Å²) in [4.78, 5) is 0. The molecule has 0 radical (unpaired) electrons. The summed E-state index contributed by atoms with van der Waals surface area (Å²) in [5, 5.41) is 2.87. The van der Waals surface area contributed by atoms with Crippen molar-refractivity contribution in [3.8, 4) is 11.5 Å². The number of fused-ring (bicyclic) bond motifs is 1. The Balaban J connectivity index is 2.33. The summed E-state index contributed by atoms with van der Waals surface area (Å²) >= 11 is 6.07. The molecule has 1 unspecified atom stereocenters. The number of hydrogen-bond acceptors (Lipinski definition) is 3. The average Bonchev–Trinajstić information content (AvgIpc) is 2.58. The fourth-order valence-corrected chi connectivity index (χ4v) is 2.35. The first-order valence-corrected chi connectivity index (χ1v) is 6.61. The van der Waals surface area contributed by atoms with E-state index in [4.69, 9.17) is 21.1 Å². The fraction of sp³-hybridized carbons (Fsp3) is 0.538. The van der Waals surface area contributed by atoms with E-state index in [0.29, 0.717) is 30.3 Å². The molecule has 0 aliphatic carbocycles. The molecule has 0 fully saturated rings. The molecule has 1 heterocycles. The van der Waals surface area contributed by atoms with Gasteiger partial charge in [-0.25, -0.2) is 0 Å². The molecule has 1 aromatic carbocycles. The number of halogens is 4. The zero-order valence-corrected chi connectivity index (χ0v) is 11.6. The van der Waals surface area contributed by atoms with Crippen molar-refractivity contribution in [2.45, 2.75) is 25.1 Å². The lowest BCUT2D eigenvalue weighted by atomic mass is 10.0. The van der Waals surface area contributed by atoms with E-state index in [1.807, 2.05) is 0 Å². The van der Waals surface area contributed by atoms with E-state index in [-0.39, 0.29) is 5.02 Å². The summed E-state index contributed by atoms with van der Waals surface area (Å²) < 4.78 is 48.6. The first-order valence-electron chi connectivity index (χ1n) is 6.24. The Morgan fingerprint density at radius 1 is 1.25 bits per heavy atom. The average molecular weight is 310 g/mol. The van der Waals surface area contributed by atoms with Crippen LogP contribution in [0.25, 0.3) is 0 Å². The molecule has 112 valence electrons. The second-order valence-corrected chi connectivity index (χ2v) is 4.94. The zero-order valence-electron chi connectivity index (χ0n) is 10.9. The Bertz CT molecular complexity index is 479. The van der Waals surface area contributed by atoms with Crippen molar-refractivity contribution in [3.63, 3.8) is 0 Å². The smallest absolute Gasteiger partial charge is 0.390 e. The molecule has 20 heavy (non-hydrogen) atoms. The third-order valence-corrected chi connectivity index (χ3v) is 3.35. The summed E-state index contributed by atoms with van der Waals surface area (Å²) in [6, 6.07) is 2.12. The Kier molecular flexibility index (Phi) is 4.65. The standard InChI is InChI=1S/C13H15ClF3NO2/c1-18-10(7-13(15,16)17)8-5-11-12(6-9(8)14)20-4-2-3-19-11/h5-6,10,18H,2-4,7H2,1H3. The van der Waals surface area contributed by atoms with Gasteiger partial charge in [-0.1, -0.05) is 11.6 Å². The van der Waals surface area contributed by atoms with Crippen molar-refractivity contribution in [2.24, 2.45) is 0 Å². The van der Waals surface area contributed by atoms with Gasteiger partial charge in [0.05, 0.1) is 19.6 Å². The summed E-state index contributed by atoms with van der Waals surface area (Å²) in [6.07, 6.45) is -4.55. The van der Waals surface area contributed by atoms with E-state index >= 15 is 0 Å². The Hall–Kier alpha value is -1.14. The van der Waals surface area contributed by atoms with Gasteiger partial charge in [0.25, 0.3) is 0 Å². The fourth-order valence-electron chi connectivity index (χ4n) is 2.07. The second kappa shape index (κ2) is 6.10. The molecule has 0 bridgehead atoms. The number of hydrogen-bond donors (Lipinski definition) is 1. The number of ether oxygens (including phenoxy) is 2. The second-order valence-electron chi connectivity index (χ2n) is 4.53. The highest BCUT2D eigenvalue weighted by atomic mass is 35.5. The van der Waals surface area contributed by atoms with E-state index in [1.54, 1.807) is 0 Å². The van der Waals surface area contributed by atoms with E-state index in [1.165, 1.54) is 19.2 Å². The highest BCUT2D eigenvalue weighted by Gasteiger charge is 2.33. The molecular weight excluding hydrogens is 295 g/mol. The predicted molar refractivity (Wildman–Crippen MR) is 69.5 cm³/mol. The monoisotopic (exact) mass is 309 g/mol. The molecule has 1 N–H and O–H groups in total. The van der Waals surface area contributed by atoms with Crippen LogP contribution in [0.1, 0.15) is 24.4 Å². The molecule has 7 heteroatoms. The molecule has 2 rings (SSSR count). The van der Waals surface area contributed by atoms with Crippen molar-refractivity contribution in [1.82, 2.24) is 5.32 Å². The largest absolute Gasteiger partial charge is 0.490 e.